The first kappa shape index (κ1) is 20.2. The fraction of sp³-hybridized carbons (Fsp3) is 0.250. The fourth-order valence-corrected chi connectivity index (χ4v) is 2.58. The number of ether oxygens (including phenoxy) is 4. The van der Waals surface area contributed by atoms with E-state index in [1.165, 1.54) is 13.8 Å². The molecule has 0 aliphatic carbocycles. The molecular weight excluding hydrogens is 448 g/mol. The van der Waals surface area contributed by atoms with Gasteiger partial charge in [0.05, 0.1) is 4.47 Å². The van der Waals surface area contributed by atoms with Crippen molar-refractivity contribution in [3.8, 4) is 11.5 Å². The van der Waals surface area contributed by atoms with Gasteiger partial charge in [0, 0.05) is 11.1 Å². The lowest BCUT2D eigenvalue weighted by Gasteiger charge is -2.14. The van der Waals surface area contributed by atoms with Gasteiger partial charge in [-0.15, -0.1) is 0 Å². The van der Waals surface area contributed by atoms with E-state index in [1.54, 1.807) is 12.1 Å². The first-order valence-electron chi connectivity index (χ1n) is 6.63. The molecule has 0 aromatic heterocycles. The van der Waals surface area contributed by atoms with Crippen molar-refractivity contribution in [1.29, 1.82) is 0 Å². The summed E-state index contributed by atoms with van der Waals surface area (Å²) in [5.41, 5.74) is 0.546. The fourth-order valence-electron chi connectivity index (χ4n) is 1.29. The van der Waals surface area contributed by atoms with Crippen molar-refractivity contribution in [3.05, 3.63) is 45.4 Å². The second-order valence-corrected chi connectivity index (χ2v) is 6.28. The van der Waals surface area contributed by atoms with Gasteiger partial charge in [-0.25, -0.2) is 9.59 Å². The summed E-state index contributed by atoms with van der Waals surface area (Å²) >= 11 is 6.65. The average molecular weight is 464 g/mol. The highest BCUT2D eigenvalue weighted by molar-refractivity contribution is 9.11. The van der Waals surface area contributed by atoms with Gasteiger partial charge in [0.25, 0.3) is 0 Å². The van der Waals surface area contributed by atoms with Crippen LogP contribution in [-0.2, 0) is 19.1 Å². The van der Waals surface area contributed by atoms with E-state index in [2.05, 4.69) is 45.0 Å². The van der Waals surface area contributed by atoms with Gasteiger partial charge >= 0.3 is 11.9 Å². The summed E-state index contributed by atoms with van der Waals surface area (Å²) in [6.07, 6.45) is 0. The Hall–Kier alpha value is -1.80. The number of hydrogen-bond donors (Lipinski definition) is 0. The molecule has 0 N–H and O–H groups in total. The minimum atomic E-state index is -0.554. The van der Waals surface area contributed by atoms with Crippen molar-refractivity contribution in [1.82, 2.24) is 0 Å². The number of benzene rings is 1. The monoisotopic (exact) mass is 462 g/mol. The highest BCUT2D eigenvalue weighted by Gasteiger charge is 2.14. The lowest BCUT2D eigenvalue weighted by molar-refractivity contribution is -0.146. The maximum absolute atomic E-state index is 11.3. The van der Waals surface area contributed by atoms with Crippen LogP contribution < -0.4 is 9.47 Å². The Balaban J connectivity index is 2.70. The van der Waals surface area contributed by atoms with Crippen LogP contribution in [0.15, 0.2) is 45.4 Å². The van der Waals surface area contributed by atoms with E-state index in [0.29, 0.717) is 20.4 Å². The van der Waals surface area contributed by atoms with Crippen molar-refractivity contribution < 1.29 is 28.5 Å². The van der Waals surface area contributed by atoms with Crippen LogP contribution in [-0.4, -0.2) is 25.5 Å². The predicted octanol–water partition coefficient (Wildman–Crippen LogP) is 4.12. The first-order valence-corrected chi connectivity index (χ1v) is 8.21. The standard InChI is InChI=1S/C16H16Br2O6/c1-9(2)15(19)23-7-21-12-6-5-11(17)14(13(12)18)22-8-24-16(20)10(3)4/h5-6H,1,3,7-8H2,2,4H3. The summed E-state index contributed by atoms with van der Waals surface area (Å²) in [6, 6.07) is 3.33. The van der Waals surface area contributed by atoms with Crippen LogP contribution >= 0.6 is 31.9 Å². The first-order chi connectivity index (χ1) is 11.2. The van der Waals surface area contributed by atoms with Gasteiger partial charge in [-0.1, -0.05) is 13.2 Å². The Bertz CT molecular complexity index is 669. The summed E-state index contributed by atoms with van der Waals surface area (Å²) in [7, 11) is 0. The van der Waals surface area contributed by atoms with Crippen LogP contribution in [0.5, 0.6) is 11.5 Å². The van der Waals surface area contributed by atoms with Crippen molar-refractivity contribution in [3.63, 3.8) is 0 Å². The number of esters is 2. The lowest BCUT2D eigenvalue weighted by atomic mass is 10.3. The van der Waals surface area contributed by atoms with Gasteiger partial charge in [-0.3, -0.25) is 0 Å². The van der Waals surface area contributed by atoms with Crippen LogP contribution in [0.25, 0.3) is 0 Å². The van der Waals surface area contributed by atoms with Gasteiger partial charge in [0.15, 0.2) is 5.75 Å². The summed E-state index contributed by atoms with van der Waals surface area (Å²) in [6.45, 7) is 9.44. The van der Waals surface area contributed by atoms with Gasteiger partial charge in [-0.05, 0) is 57.8 Å². The summed E-state index contributed by atoms with van der Waals surface area (Å²) in [5, 5.41) is 0. The molecule has 1 rings (SSSR count). The Morgan fingerprint density at radius 1 is 0.958 bits per heavy atom. The van der Waals surface area contributed by atoms with E-state index < -0.39 is 11.9 Å². The van der Waals surface area contributed by atoms with Crippen LogP contribution in [0, 0.1) is 0 Å². The Morgan fingerprint density at radius 3 is 1.96 bits per heavy atom. The molecule has 0 unspecified atom stereocenters. The molecule has 6 nitrogen and oxygen atoms in total. The zero-order valence-corrected chi connectivity index (χ0v) is 16.4. The number of halogens is 2. The van der Waals surface area contributed by atoms with Crippen LogP contribution in [0.2, 0.25) is 0 Å². The van der Waals surface area contributed by atoms with E-state index in [4.69, 9.17) is 18.9 Å². The average Bonchev–Trinajstić information content (AvgIpc) is 2.52. The molecule has 0 aliphatic rings. The number of rotatable bonds is 8. The topological polar surface area (TPSA) is 71.1 Å². The molecule has 0 aliphatic heterocycles. The van der Waals surface area contributed by atoms with E-state index in [1.807, 2.05) is 0 Å². The maximum Gasteiger partial charge on any atom is 0.335 e. The molecule has 1 aromatic carbocycles. The molecule has 0 fully saturated rings. The van der Waals surface area contributed by atoms with E-state index in [-0.39, 0.29) is 24.7 Å². The van der Waals surface area contributed by atoms with Crippen molar-refractivity contribution in [2.75, 3.05) is 13.6 Å². The third-order valence-corrected chi connectivity index (χ3v) is 3.88. The minimum Gasteiger partial charge on any atom is -0.456 e. The van der Waals surface area contributed by atoms with Crippen molar-refractivity contribution >= 4 is 43.8 Å². The SMILES string of the molecule is C=C(C)C(=O)OCOc1ccc(Br)c(OCOC(=O)C(=C)C)c1Br. The molecule has 0 spiro atoms. The van der Waals surface area contributed by atoms with Crippen molar-refractivity contribution in [2.45, 2.75) is 13.8 Å². The quantitative estimate of drug-likeness (QED) is 0.328. The smallest absolute Gasteiger partial charge is 0.335 e. The lowest BCUT2D eigenvalue weighted by Crippen LogP contribution is -2.12. The second kappa shape index (κ2) is 9.48. The van der Waals surface area contributed by atoms with E-state index in [9.17, 15) is 9.59 Å². The summed E-state index contributed by atoms with van der Waals surface area (Å²) in [5.74, 6) is -0.352. The second-order valence-electron chi connectivity index (χ2n) is 4.64. The molecule has 0 amide bonds. The Kier molecular flexibility index (Phi) is 8.00. The number of carbonyl (C=O) groups is 2. The predicted molar refractivity (Wildman–Crippen MR) is 94.6 cm³/mol. The Labute approximate surface area is 156 Å². The number of hydrogen-bond acceptors (Lipinski definition) is 6. The molecular formula is C16H16Br2O6. The van der Waals surface area contributed by atoms with E-state index in [0.717, 1.165) is 0 Å². The Morgan fingerprint density at radius 2 is 1.46 bits per heavy atom. The van der Waals surface area contributed by atoms with Crippen molar-refractivity contribution in [2.24, 2.45) is 0 Å². The maximum atomic E-state index is 11.3. The third-order valence-electron chi connectivity index (χ3n) is 2.51. The molecule has 0 atom stereocenters. The highest BCUT2D eigenvalue weighted by atomic mass is 79.9. The molecule has 0 saturated carbocycles. The molecule has 24 heavy (non-hydrogen) atoms. The molecule has 8 heteroatoms. The van der Waals surface area contributed by atoms with Gasteiger partial charge in [-0.2, -0.15) is 0 Å². The van der Waals surface area contributed by atoms with Crippen LogP contribution in [0.4, 0.5) is 0 Å². The normalized spacial score (nSPS) is 9.83. The molecule has 0 radical (unpaired) electrons. The van der Waals surface area contributed by atoms with Gasteiger partial charge in [0.1, 0.15) is 10.2 Å². The minimum absolute atomic E-state index is 0.271. The summed E-state index contributed by atoms with van der Waals surface area (Å²) < 4.78 is 21.6. The van der Waals surface area contributed by atoms with Gasteiger partial charge in [0.2, 0.25) is 13.6 Å². The van der Waals surface area contributed by atoms with Crippen LogP contribution in [0.1, 0.15) is 13.8 Å². The highest BCUT2D eigenvalue weighted by Crippen LogP contribution is 2.40. The molecule has 130 valence electrons. The third kappa shape index (κ3) is 6.01. The molecule has 0 saturated heterocycles. The van der Waals surface area contributed by atoms with Gasteiger partial charge < -0.3 is 18.9 Å². The van der Waals surface area contributed by atoms with Crippen LogP contribution in [0.3, 0.4) is 0 Å². The molecule has 1 aromatic rings. The number of carbonyl (C=O) groups excluding carboxylic acids is 2. The largest absolute Gasteiger partial charge is 0.456 e. The summed E-state index contributed by atoms with van der Waals surface area (Å²) in [4.78, 5) is 22.6. The van der Waals surface area contributed by atoms with E-state index >= 15 is 0 Å². The zero-order chi connectivity index (χ0) is 18.3. The zero-order valence-electron chi connectivity index (χ0n) is 13.2. The molecule has 0 bridgehead atoms. The molecule has 0 heterocycles.